The first-order chi connectivity index (χ1) is 8.16. The van der Waals surface area contributed by atoms with Gasteiger partial charge in [0.15, 0.2) is 0 Å². The van der Waals surface area contributed by atoms with Crippen molar-refractivity contribution in [1.29, 1.82) is 0 Å². The summed E-state index contributed by atoms with van der Waals surface area (Å²) in [5.74, 6) is 1.24. The first-order valence-electron chi connectivity index (χ1n) is 5.43. The van der Waals surface area contributed by atoms with Gasteiger partial charge in [-0.1, -0.05) is 24.3 Å². The van der Waals surface area contributed by atoms with Crippen molar-refractivity contribution in [2.24, 2.45) is 0 Å². The molecule has 2 aromatic rings. The van der Waals surface area contributed by atoms with Crippen molar-refractivity contribution < 1.29 is 0 Å². The van der Waals surface area contributed by atoms with E-state index in [2.05, 4.69) is 41.2 Å². The van der Waals surface area contributed by atoms with Crippen LogP contribution in [0, 0.1) is 13.8 Å². The second-order valence-corrected chi connectivity index (χ2v) is 4.90. The maximum atomic E-state index is 5.59. The Kier molecular flexibility index (Phi) is 3.64. The minimum Gasteiger partial charge on any atom is -0.368 e. The third-order valence-electron chi connectivity index (χ3n) is 2.57. The van der Waals surface area contributed by atoms with Gasteiger partial charge < -0.3 is 5.73 Å². The topological polar surface area (TPSA) is 51.8 Å². The minimum atomic E-state index is 0.336. The number of aromatic nitrogens is 2. The molecule has 2 rings (SSSR count). The zero-order valence-corrected chi connectivity index (χ0v) is 10.8. The first-order valence-corrected chi connectivity index (χ1v) is 6.42. The van der Waals surface area contributed by atoms with Gasteiger partial charge in [-0.3, -0.25) is 0 Å². The summed E-state index contributed by atoms with van der Waals surface area (Å²) in [6.45, 7) is 4.12. The molecule has 0 aliphatic heterocycles. The summed E-state index contributed by atoms with van der Waals surface area (Å²) < 4.78 is 0. The highest BCUT2D eigenvalue weighted by atomic mass is 32.2. The van der Waals surface area contributed by atoms with Crippen LogP contribution in [0.3, 0.4) is 0 Å². The highest BCUT2D eigenvalue weighted by Gasteiger charge is 2.04. The minimum absolute atomic E-state index is 0.336. The monoisotopic (exact) mass is 245 g/mol. The van der Waals surface area contributed by atoms with E-state index < -0.39 is 0 Å². The van der Waals surface area contributed by atoms with Gasteiger partial charge in [0, 0.05) is 11.9 Å². The molecule has 0 aliphatic carbocycles. The summed E-state index contributed by atoms with van der Waals surface area (Å²) in [7, 11) is 0. The predicted octanol–water partition coefficient (Wildman–Crippen LogP) is 2.97. The number of nitrogens with two attached hydrogens (primary N) is 1. The molecule has 17 heavy (non-hydrogen) atoms. The van der Waals surface area contributed by atoms with Crippen molar-refractivity contribution in [2.45, 2.75) is 24.6 Å². The molecule has 2 N–H and O–H groups in total. The SMILES string of the molecule is Cc1ccccc1CSc1nc(N)ncc1C. The first kappa shape index (κ1) is 11.9. The molecule has 88 valence electrons. The van der Waals surface area contributed by atoms with Gasteiger partial charge in [-0.05, 0) is 30.5 Å². The van der Waals surface area contributed by atoms with Crippen LogP contribution in [0.2, 0.25) is 0 Å². The Hall–Kier alpha value is -1.55. The van der Waals surface area contributed by atoms with Crippen LogP contribution >= 0.6 is 11.8 Å². The molecule has 1 aromatic heterocycles. The number of anilines is 1. The summed E-state index contributed by atoms with van der Waals surface area (Å²) in [6.07, 6.45) is 1.77. The van der Waals surface area contributed by atoms with E-state index in [1.165, 1.54) is 11.1 Å². The van der Waals surface area contributed by atoms with Crippen LogP contribution in [0.1, 0.15) is 16.7 Å². The number of benzene rings is 1. The van der Waals surface area contributed by atoms with Crippen molar-refractivity contribution in [3.05, 3.63) is 47.2 Å². The van der Waals surface area contributed by atoms with Gasteiger partial charge in [0.2, 0.25) is 5.95 Å². The fraction of sp³-hybridized carbons (Fsp3) is 0.231. The third kappa shape index (κ3) is 2.97. The Morgan fingerprint density at radius 3 is 2.71 bits per heavy atom. The van der Waals surface area contributed by atoms with E-state index in [4.69, 9.17) is 5.73 Å². The fourth-order valence-corrected chi connectivity index (χ4v) is 2.56. The maximum absolute atomic E-state index is 5.59. The van der Waals surface area contributed by atoms with Crippen LogP contribution in [0.4, 0.5) is 5.95 Å². The molecule has 0 aliphatic rings. The number of nitrogen functional groups attached to an aromatic ring is 1. The second kappa shape index (κ2) is 5.19. The van der Waals surface area contributed by atoms with E-state index in [0.717, 1.165) is 16.3 Å². The van der Waals surface area contributed by atoms with E-state index in [9.17, 15) is 0 Å². The molecule has 0 saturated heterocycles. The van der Waals surface area contributed by atoms with Crippen LogP contribution in [0.5, 0.6) is 0 Å². The van der Waals surface area contributed by atoms with E-state index >= 15 is 0 Å². The van der Waals surface area contributed by atoms with Gasteiger partial charge in [0.25, 0.3) is 0 Å². The van der Waals surface area contributed by atoms with Gasteiger partial charge in [0.05, 0.1) is 0 Å². The molecule has 1 heterocycles. The molecule has 0 amide bonds. The van der Waals surface area contributed by atoms with E-state index in [-0.39, 0.29) is 0 Å². The van der Waals surface area contributed by atoms with Gasteiger partial charge >= 0.3 is 0 Å². The Bertz CT molecular complexity index is 526. The zero-order valence-electron chi connectivity index (χ0n) is 9.97. The zero-order chi connectivity index (χ0) is 12.3. The molecule has 0 bridgehead atoms. The number of aryl methyl sites for hydroxylation is 2. The van der Waals surface area contributed by atoms with Crippen LogP contribution in [-0.4, -0.2) is 9.97 Å². The van der Waals surface area contributed by atoms with Crippen molar-refractivity contribution in [3.8, 4) is 0 Å². The van der Waals surface area contributed by atoms with Gasteiger partial charge in [-0.2, -0.15) is 0 Å². The summed E-state index contributed by atoms with van der Waals surface area (Å²) >= 11 is 1.70. The summed E-state index contributed by atoms with van der Waals surface area (Å²) in [5.41, 5.74) is 9.29. The molecule has 0 fully saturated rings. The van der Waals surface area contributed by atoms with Crippen LogP contribution in [0.15, 0.2) is 35.5 Å². The number of hydrogen-bond donors (Lipinski definition) is 1. The number of thioether (sulfide) groups is 1. The highest BCUT2D eigenvalue weighted by molar-refractivity contribution is 7.98. The predicted molar refractivity (Wildman–Crippen MR) is 71.9 cm³/mol. The smallest absolute Gasteiger partial charge is 0.221 e. The van der Waals surface area contributed by atoms with Crippen LogP contribution in [-0.2, 0) is 5.75 Å². The molecule has 1 aromatic carbocycles. The van der Waals surface area contributed by atoms with E-state index in [1.54, 1.807) is 18.0 Å². The fourth-order valence-electron chi connectivity index (χ4n) is 1.50. The summed E-state index contributed by atoms with van der Waals surface area (Å²) in [5, 5.41) is 0.959. The molecular weight excluding hydrogens is 230 g/mol. The van der Waals surface area contributed by atoms with Crippen molar-refractivity contribution in [1.82, 2.24) is 9.97 Å². The Balaban J connectivity index is 2.12. The largest absolute Gasteiger partial charge is 0.368 e. The Morgan fingerprint density at radius 1 is 1.18 bits per heavy atom. The van der Waals surface area contributed by atoms with Crippen LogP contribution < -0.4 is 5.73 Å². The highest BCUT2D eigenvalue weighted by Crippen LogP contribution is 2.25. The number of rotatable bonds is 3. The summed E-state index contributed by atoms with van der Waals surface area (Å²) in [6, 6.07) is 8.38. The van der Waals surface area contributed by atoms with Gasteiger partial charge in [0.1, 0.15) is 5.03 Å². The Labute approximate surface area is 105 Å². The van der Waals surface area contributed by atoms with E-state index in [1.807, 2.05) is 6.92 Å². The van der Waals surface area contributed by atoms with Gasteiger partial charge in [-0.25, -0.2) is 9.97 Å². The number of nitrogens with zero attached hydrogens (tertiary/aromatic N) is 2. The molecule has 0 atom stereocenters. The molecule has 0 saturated carbocycles. The lowest BCUT2D eigenvalue weighted by Gasteiger charge is -2.07. The standard InChI is InChI=1S/C13H15N3S/c1-9-5-3-4-6-11(9)8-17-12-10(2)7-15-13(14)16-12/h3-7H,8H2,1-2H3,(H2,14,15,16). The second-order valence-electron chi connectivity index (χ2n) is 3.93. The normalized spacial score (nSPS) is 10.5. The van der Waals surface area contributed by atoms with Gasteiger partial charge in [-0.15, -0.1) is 11.8 Å². The van der Waals surface area contributed by atoms with Crippen LogP contribution in [0.25, 0.3) is 0 Å². The Morgan fingerprint density at radius 2 is 1.94 bits per heavy atom. The van der Waals surface area contributed by atoms with Crippen molar-refractivity contribution in [3.63, 3.8) is 0 Å². The quantitative estimate of drug-likeness (QED) is 0.667. The van der Waals surface area contributed by atoms with Crippen molar-refractivity contribution >= 4 is 17.7 Å². The lowest BCUT2D eigenvalue weighted by molar-refractivity contribution is 1.02. The lowest BCUT2D eigenvalue weighted by Crippen LogP contribution is -1.97. The maximum Gasteiger partial charge on any atom is 0.221 e. The lowest BCUT2D eigenvalue weighted by atomic mass is 10.1. The molecule has 3 nitrogen and oxygen atoms in total. The number of hydrogen-bond acceptors (Lipinski definition) is 4. The third-order valence-corrected chi connectivity index (χ3v) is 3.71. The average molecular weight is 245 g/mol. The van der Waals surface area contributed by atoms with Crippen molar-refractivity contribution in [2.75, 3.05) is 5.73 Å². The van der Waals surface area contributed by atoms with E-state index in [0.29, 0.717) is 5.95 Å². The molecule has 0 radical (unpaired) electrons. The molecular formula is C13H15N3S. The molecule has 0 unspecified atom stereocenters. The molecule has 0 spiro atoms. The molecule has 4 heteroatoms. The average Bonchev–Trinajstić information content (AvgIpc) is 2.32. The summed E-state index contributed by atoms with van der Waals surface area (Å²) in [4.78, 5) is 8.21.